The van der Waals surface area contributed by atoms with Crippen LogP contribution in [0.25, 0.3) is 22.5 Å². The number of nitrogens with one attached hydrogen (secondary N) is 2. The Kier molecular flexibility index (Phi) is 5.16. The van der Waals surface area contributed by atoms with Gasteiger partial charge in [-0.1, -0.05) is 42.1 Å². The maximum atomic E-state index is 12.3. The van der Waals surface area contributed by atoms with Gasteiger partial charge in [0.05, 0.1) is 5.69 Å². The molecule has 0 bridgehead atoms. The Labute approximate surface area is 166 Å². The molecule has 28 heavy (non-hydrogen) atoms. The number of anilines is 1. The first-order valence-corrected chi connectivity index (χ1v) is 9.85. The van der Waals surface area contributed by atoms with Crippen LogP contribution in [0.1, 0.15) is 10.4 Å². The number of rotatable bonds is 5. The number of nitrogens with zero attached hydrogens (tertiary/aromatic N) is 3. The topological polar surface area (TPSA) is 83.6 Å². The molecule has 4 rings (SSSR count). The molecule has 1 amide bonds. The fourth-order valence-electron chi connectivity index (χ4n) is 2.80. The SMILES string of the molecule is CSc1nccc(-c2c[nH]nc2-c2ccc(NC(=O)c3ccccc3)cc2)n1. The summed E-state index contributed by atoms with van der Waals surface area (Å²) in [7, 11) is 0. The van der Waals surface area contributed by atoms with Crippen molar-refractivity contribution < 1.29 is 4.79 Å². The molecule has 0 saturated carbocycles. The summed E-state index contributed by atoms with van der Waals surface area (Å²) in [5.41, 5.74) is 4.78. The maximum absolute atomic E-state index is 12.3. The van der Waals surface area contributed by atoms with Gasteiger partial charge in [0.1, 0.15) is 5.69 Å². The summed E-state index contributed by atoms with van der Waals surface area (Å²) in [5, 5.41) is 10.9. The third kappa shape index (κ3) is 3.79. The van der Waals surface area contributed by atoms with E-state index in [0.29, 0.717) is 10.7 Å². The first kappa shape index (κ1) is 17.9. The first-order chi connectivity index (χ1) is 13.7. The molecule has 2 aromatic carbocycles. The van der Waals surface area contributed by atoms with Crippen molar-refractivity contribution in [2.24, 2.45) is 0 Å². The van der Waals surface area contributed by atoms with Crippen LogP contribution >= 0.6 is 11.8 Å². The predicted molar refractivity (Wildman–Crippen MR) is 111 cm³/mol. The second-order valence-electron chi connectivity index (χ2n) is 5.97. The van der Waals surface area contributed by atoms with Gasteiger partial charge in [-0.3, -0.25) is 9.89 Å². The number of hydrogen-bond donors (Lipinski definition) is 2. The van der Waals surface area contributed by atoms with Crippen LogP contribution in [0.15, 0.2) is 78.2 Å². The summed E-state index contributed by atoms with van der Waals surface area (Å²) >= 11 is 1.49. The molecule has 6 nitrogen and oxygen atoms in total. The highest BCUT2D eigenvalue weighted by Crippen LogP contribution is 2.30. The molecular formula is C21H17N5OS. The van der Waals surface area contributed by atoms with Gasteiger partial charge in [-0.25, -0.2) is 9.97 Å². The van der Waals surface area contributed by atoms with Gasteiger partial charge in [0, 0.05) is 34.8 Å². The van der Waals surface area contributed by atoms with E-state index in [2.05, 4.69) is 25.5 Å². The van der Waals surface area contributed by atoms with Crippen LogP contribution in [-0.4, -0.2) is 32.3 Å². The Morgan fingerprint density at radius 2 is 1.82 bits per heavy atom. The first-order valence-electron chi connectivity index (χ1n) is 8.62. The predicted octanol–water partition coefficient (Wildman–Crippen LogP) is 4.51. The number of amides is 1. The lowest BCUT2D eigenvalue weighted by molar-refractivity contribution is 0.102. The summed E-state index contributed by atoms with van der Waals surface area (Å²) in [5.74, 6) is -0.139. The Balaban J connectivity index is 1.57. The summed E-state index contributed by atoms with van der Waals surface area (Å²) in [6, 6.07) is 18.6. The second-order valence-corrected chi connectivity index (χ2v) is 6.75. The number of carbonyl (C=O) groups is 1. The normalized spacial score (nSPS) is 10.6. The standard InChI is InChI=1S/C21H17N5OS/c1-28-21-22-12-11-18(25-21)17-13-23-26-19(17)14-7-9-16(10-8-14)24-20(27)15-5-3-2-4-6-15/h2-13H,1H3,(H,23,26)(H,24,27). The lowest BCUT2D eigenvalue weighted by Crippen LogP contribution is -2.11. The van der Waals surface area contributed by atoms with Crippen molar-refractivity contribution in [3.05, 3.63) is 78.6 Å². The van der Waals surface area contributed by atoms with E-state index in [4.69, 9.17) is 0 Å². The number of benzene rings is 2. The highest BCUT2D eigenvalue weighted by atomic mass is 32.2. The van der Waals surface area contributed by atoms with Crippen LogP contribution in [0.3, 0.4) is 0 Å². The van der Waals surface area contributed by atoms with Gasteiger partial charge < -0.3 is 5.32 Å². The summed E-state index contributed by atoms with van der Waals surface area (Å²) in [4.78, 5) is 21.0. The molecule has 2 heterocycles. The lowest BCUT2D eigenvalue weighted by Gasteiger charge is -2.07. The monoisotopic (exact) mass is 387 g/mol. The van der Waals surface area contributed by atoms with Gasteiger partial charge >= 0.3 is 0 Å². The number of thioether (sulfide) groups is 1. The number of aromatic nitrogens is 4. The molecule has 0 atom stereocenters. The van der Waals surface area contributed by atoms with Gasteiger partial charge in [0.15, 0.2) is 5.16 Å². The third-order valence-corrected chi connectivity index (χ3v) is 4.75. The van der Waals surface area contributed by atoms with Crippen LogP contribution in [0, 0.1) is 0 Å². The van der Waals surface area contributed by atoms with Gasteiger partial charge in [-0.15, -0.1) is 0 Å². The average molecular weight is 387 g/mol. The zero-order chi connectivity index (χ0) is 19.3. The van der Waals surface area contributed by atoms with E-state index in [1.54, 1.807) is 18.3 Å². The molecule has 0 radical (unpaired) electrons. The summed E-state index contributed by atoms with van der Waals surface area (Å²) in [6.45, 7) is 0. The van der Waals surface area contributed by atoms with Crippen molar-refractivity contribution in [1.29, 1.82) is 0 Å². The summed E-state index contributed by atoms with van der Waals surface area (Å²) in [6.07, 6.45) is 5.51. The minimum Gasteiger partial charge on any atom is -0.322 e. The van der Waals surface area contributed by atoms with Crippen LogP contribution in [0.4, 0.5) is 5.69 Å². The van der Waals surface area contributed by atoms with E-state index in [0.717, 1.165) is 28.2 Å². The minimum absolute atomic E-state index is 0.139. The van der Waals surface area contributed by atoms with Gasteiger partial charge in [-0.05, 0) is 36.6 Å². The number of hydrogen-bond acceptors (Lipinski definition) is 5. The molecule has 0 spiro atoms. The second kappa shape index (κ2) is 8.06. The van der Waals surface area contributed by atoms with E-state index < -0.39 is 0 Å². The highest BCUT2D eigenvalue weighted by molar-refractivity contribution is 7.98. The molecule has 7 heteroatoms. The average Bonchev–Trinajstić information content (AvgIpc) is 3.25. The fraction of sp³-hybridized carbons (Fsp3) is 0.0476. The molecule has 0 aliphatic rings. The third-order valence-electron chi connectivity index (χ3n) is 4.18. The Morgan fingerprint density at radius 3 is 2.57 bits per heavy atom. The zero-order valence-corrected chi connectivity index (χ0v) is 15.9. The van der Waals surface area contributed by atoms with Crippen molar-refractivity contribution >= 4 is 23.4 Å². The Morgan fingerprint density at radius 1 is 1.04 bits per heavy atom. The van der Waals surface area contributed by atoms with Crippen LogP contribution in [0.5, 0.6) is 0 Å². The molecule has 0 saturated heterocycles. The van der Waals surface area contributed by atoms with Crippen LogP contribution in [0.2, 0.25) is 0 Å². The van der Waals surface area contributed by atoms with E-state index >= 15 is 0 Å². The Bertz CT molecular complexity index is 1090. The van der Waals surface area contributed by atoms with E-state index in [9.17, 15) is 4.79 Å². The quantitative estimate of drug-likeness (QED) is 0.389. The molecule has 0 aliphatic heterocycles. The smallest absolute Gasteiger partial charge is 0.255 e. The van der Waals surface area contributed by atoms with Crippen molar-refractivity contribution in [2.45, 2.75) is 5.16 Å². The van der Waals surface area contributed by atoms with Crippen molar-refractivity contribution in [1.82, 2.24) is 20.2 Å². The number of H-pyrrole nitrogens is 1. The van der Waals surface area contributed by atoms with Gasteiger partial charge in [-0.2, -0.15) is 5.10 Å². The largest absolute Gasteiger partial charge is 0.322 e. The van der Waals surface area contributed by atoms with Crippen LogP contribution in [-0.2, 0) is 0 Å². The minimum atomic E-state index is -0.139. The van der Waals surface area contributed by atoms with Crippen molar-refractivity contribution in [3.8, 4) is 22.5 Å². The molecule has 0 fully saturated rings. The van der Waals surface area contributed by atoms with Gasteiger partial charge in [0.2, 0.25) is 0 Å². The zero-order valence-electron chi connectivity index (χ0n) is 15.1. The van der Waals surface area contributed by atoms with E-state index in [-0.39, 0.29) is 5.91 Å². The molecule has 0 aliphatic carbocycles. The molecule has 2 N–H and O–H groups in total. The number of aromatic amines is 1. The molecule has 0 unspecified atom stereocenters. The molecule has 2 aromatic heterocycles. The number of carbonyl (C=O) groups excluding carboxylic acids is 1. The Hall–Kier alpha value is -3.45. The maximum Gasteiger partial charge on any atom is 0.255 e. The molecule has 4 aromatic rings. The summed E-state index contributed by atoms with van der Waals surface area (Å²) < 4.78 is 0. The van der Waals surface area contributed by atoms with Crippen LogP contribution < -0.4 is 5.32 Å². The van der Waals surface area contributed by atoms with Gasteiger partial charge in [0.25, 0.3) is 5.91 Å². The van der Waals surface area contributed by atoms with Crippen molar-refractivity contribution in [2.75, 3.05) is 11.6 Å². The lowest BCUT2D eigenvalue weighted by atomic mass is 10.1. The van der Waals surface area contributed by atoms with E-state index in [1.807, 2.05) is 61.0 Å². The fourth-order valence-corrected chi connectivity index (χ4v) is 3.15. The van der Waals surface area contributed by atoms with Crippen molar-refractivity contribution in [3.63, 3.8) is 0 Å². The molecule has 138 valence electrons. The van der Waals surface area contributed by atoms with E-state index in [1.165, 1.54) is 11.8 Å². The highest BCUT2D eigenvalue weighted by Gasteiger charge is 2.13. The molecular weight excluding hydrogens is 370 g/mol.